The molecule has 4 heteroatoms. The van der Waals surface area contributed by atoms with E-state index in [1.165, 1.54) is 18.5 Å². The van der Waals surface area contributed by atoms with Crippen LogP contribution in [0.3, 0.4) is 0 Å². The van der Waals surface area contributed by atoms with Gasteiger partial charge in [0.25, 0.3) is 0 Å². The van der Waals surface area contributed by atoms with Crippen molar-refractivity contribution in [3.8, 4) is 0 Å². The summed E-state index contributed by atoms with van der Waals surface area (Å²) in [4.78, 5) is 7.51. The van der Waals surface area contributed by atoms with E-state index in [-0.39, 0.29) is 6.10 Å². The van der Waals surface area contributed by atoms with Gasteiger partial charge in [-0.1, -0.05) is 0 Å². The first kappa shape index (κ1) is 12.0. The van der Waals surface area contributed by atoms with Crippen LogP contribution in [0.5, 0.6) is 0 Å². The Morgan fingerprint density at radius 1 is 1.17 bits per heavy atom. The van der Waals surface area contributed by atoms with Crippen molar-refractivity contribution in [3.63, 3.8) is 0 Å². The molecule has 2 heterocycles. The fraction of sp³-hybridized carbons (Fsp3) is 0.571. The Bertz CT molecular complexity index is 393. The number of piperidine rings is 1. The van der Waals surface area contributed by atoms with Gasteiger partial charge in [0.2, 0.25) is 0 Å². The standard InChI is InChI=1S/C14H20N2O2/c1-18-15-10-2-4-11(5-3-10)16-12-6-7-13(16)9-14(17)8-12/h2-5,12-15,17H,6-9H2,1H3/p+1. The molecule has 0 radical (unpaired) electrons. The van der Waals surface area contributed by atoms with Gasteiger partial charge < -0.3 is 10.0 Å². The van der Waals surface area contributed by atoms with Gasteiger partial charge in [0, 0.05) is 29.9 Å². The summed E-state index contributed by atoms with van der Waals surface area (Å²) in [6.45, 7) is 0. The minimum absolute atomic E-state index is 0.0974. The lowest BCUT2D eigenvalue weighted by atomic mass is 9.99. The van der Waals surface area contributed by atoms with E-state index in [9.17, 15) is 5.11 Å². The number of anilines is 1. The van der Waals surface area contributed by atoms with Crippen molar-refractivity contribution < 1.29 is 15.4 Å². The van der Waals surface area contributed by atoms with E-state index >= 15 is 0 Å². The molecule has 2 aliphatic heterocycles. The van der Waals surface area contributed by atoms with Crippen molar-refractivity contribution in [3.05, 3.63) is 24.3 Å². The number of nitrogens with zero attached hydrogens (tertiary/aromatic N) is 1. The molecule has 98 valence electrons. The molecule has 18 heavy (non-hydrogen) atoms. The van der Waals surface area contributed by atoms with E-state index in [1.54, 1.807) is 12.6 Å². The second-order valence-corrected chi connectivity index (χ2v) is 5.36. The minimum atomic E-state index is -0.0974. The van der Waals surface area contributed by atoms with Gasteiger partial charge in [-0.3, -0.25) is 0 Å². The quantitative estimate of drug-likeness (QED) is 0.619. The minimum Gasteiger partial charge on any atom is -0.393 e. The molecule has 0 amide bonds. The molecule has 2 atom stereocenters. The average molecular weight is 249 g/mol. The van der Waals surface area contributed by atoms with E-state index in [0.29, 0.717) is 12.1 Å². The Labute approximate surface area is 108 Å². The SMILES string of the molecule is CO[NH2+]c1ccc(N2C3CCC2CC(O)C3)cc1. The fourth-order valence-electron chi connectivity index (χ4n) is 3.43. The first-order valence-electron chi connectivity index (χ1n) is 6.70. The fourth-order valence-corrected chi connectivity index (χ4v) is 3.43. The summed E-state index contributed by atoms with van der Waals surface area (Å²) >= 11 is 0. The molecule has 2 aliphatic rings. The number of benzene rings is 1. The predicted molar refractivity (Wildman–Crippen MR) is 69.6 cm³/mol. The van der Waals surface area contributed by atoms with Crippen LogP contribution in [0.15, 0.2) is 24.3 Å². The number of nitrogens with two attached hydrogens (primary N) is 1. The summed E-state index contributed by atoms with van der Waals surface area (Å²) in [5.74, 6) is 0. The topological polar surface area (TPSA) is 49.3 Å². The highest BCUT2D eigenvalue weighted by molar-refractivity contribution is 5.53. The summed E-state index contributed by atoms with van der Waals surface area (Å²) in [6, 6.07) is 9.54. The molecular formula is C14H21N2O2+. The summed E-state index contributed by atoms with van der Waals surface area (Å²) in [5, 5.41) is 9.82. The first-order valence-corrected chi connectivity index (χ1v) is 6.70. The highest BCUT2D eigenvalue weighted by Gasteiger charge is 2.40. The molecule has 0 saturated carbocycles. The molecule has 4 nitrogen and oxygen atoms in total. The van der Waals surface area contributed by atoms with Gasteiger partial charge in [-0.2, -0.15) is 5.48 Å². The van der Waals surface area contributed by atoms with Crippen LogP contribution in [0.1, 0.15) is 25.7 Å². The lowest BCUT2D eigenvalue weighted by Crippen LogP contribution is -2.75. The van der Waals surface area contributed by atoms with Crippen LogP contribution in [-0.4, -0.2) is 30.4 Å². The number of quaternary nitrogens is 1. The van der Waals surface area contributed by atoms with Gasteiger partial charge in [-0.05, 0) is 37.8 Å². The van der Waals surface area contributed by atoms with Crippen molar-refractivity contribution >= 4 is 11.4 Å². The molecule has 2 bridgehead atoms. The van der Waals surface area contributed by atoms with Crippen LogP contribution in [0.4, 0.5) is 11.4 Å². The number of fused-ring (bicyclic) bond motifs is 2. The van der Waals surface area contributed by atoms with Crippen LogP contribution < -0.4 is 10.4 Å². The van der Waals surface area contributed by atoms with Crippen molar-refractivity contribution in [2.24, 2.45) is 0 Å². The number of aliphatic hydroxyl groups is 1. The Morgan fingerprint density at radius 2 is 1.78 bits per heavy atom. The third kappa shape index (κ3) is 2.11. The molecule has 2 fully saturated rings. The molecule has 3 rings (SSSR count). The van der Waals surface area contributed by atoms with E-state index in [1.807, 2.05) is 0 Å². The van der Waals surface area contributed by atoms with Gasteiger partial charge in [0.1, 0.15) is 0 Å². The van der Waals surface area contributed by atoms with Crippen molar-refractivity contribution in [1.29, 1.82) is 0 Å². The molecule has 0 aromatic heterocycles. The number of aliphatic hydroxyl groups excluding tert-OH is 1. The average Bonchev–Trinajstić information content (AvgIpc) is 2.64. The van der Waals surface area contributed by atoms with Crippen LogP contribution in [0.2, 0.25) is 0 Å². The molecule has 3 N–H and O–H groups in total. The Hall–Kier alpha value is -1.10. The Balaban J connectivity index is 1.78. The van der Waals surface area contributed by atoms with Crippen molar-refractivity contribution in [2.45, 2.75) is 43.9 Å². The maximum absolute atomic E-state index is 9.82. The summed E-state index contributed by atoms with van der Waals surface area (Å²) in [5.41, 5.74) is 4.12. The lowest BCUT2D eigenvalue weighted by molar-refractivity contribution is -0.830. The lowest BCUT2D eigenvalue weighted by Gasteiger charge is -2.39. The maximum Gasteiger partial charge on any atom is 0.162 e. The van der Waals surface area contributed by atoms with E-state index in [0.717, 1.165) is 18.5 Å². The third-order valence-electron chi connectivity index (χ3n) is 4.15. The zero-order valence-electron chi connectivity index (χ0n) is 10.7. The molecule has 2 saturated heterocycles. The normalized spacial score (nSPS) is 30.8. The number of hydrogen-bond donors (Lipinski definition) is 2. The zero-order chi connectivity index (χ0) is 12.5. The van der Waals surface area contributed by atoms with Crippen molar-refractivity contribution in [1.82, 2.24) is 0 Å². The zero-order valence-corrected chi connectivity index (χ0v) is 10.7. The summed E-state index contributed by atoms with van der Waals surface area (Å²) in [7, 11) is 1.67. The Kier molecular flexibility index (Phi) is 3.24. The van der Waals surface area contributed by atoms with Gasteiger partial charge in [0.05, 0.1) is 13.2 Å². The third-order valence-corrected chi connectivity index (χ3v) is 4.15. The van der Waals surface area contributed by atoms with Gasteiger partial charge in [-0.15, -0.1) is 0 Å². The maximum atomic E-state index is 9.82. The highest BCUT2D eigenvalue weighted by atomic mass is 16.6. The van der Waals surface area contributed by atoms with Gasteiger partial charge >= 0.3 is 0 Å². The molecule has 1 aromatic rings. The highest BCUT2D eigenvalue weighted by Crippen LogP contribution is 2.39. The Morgan fingerprint density at radius 3 is 2.33 bits per heavy atom. The molecule has 0 aliphatic carbocycles. The van der Waals surface area contributed by atoms with E-state index < -0.39 is 0 Å². The first-order chi connectivity index (χ1) is 8.78. The van der Waals surface area contributed by atoms with Crippen LogP contribution >= 0.6 is 0 Å². The van der Waals surface area contributed by atoms with Crippen molar-refractivity contribution in [2.75, 3.05) is 12.0 Å². The predicted octanol–water partition coefficient (Wildman–Crippen LogP) is 0.935. The molecule has 2 unspecified atom stereocenters. The van der Waals surface area contributed by atoms with E-state index in [2.05, 4.69) is 29.2 Å². The van der Waals surface area contributed by atoms with Gasteiger partial charge in [0.15, 0.2) is 5.69 Å². The molecule has 0 spiro atoms. The number of hydrogen-bond acceptors (Lipinski definition) is 3. The largest absolute Gasteiger partial charge is 0.393 e. The summed E-state index contributed by atoms with van der Waals surface area (Å²) in [6.07, 6.45) is 4.17. The smallest absolute Gasteiger partial charge is 0.162 e. The van der Waals surface area contributed by atoms with Gasteiger partial charge in [-0.25, -0.2) is 4.84 Å². The number of rotatable bonds is 3. The second-order valence-electron chi connectivity index (χ2n) is 5.36. The van der Waals surface area contributed by atoms with E-state index in [4.69, 9.17) is 4.84 Å². The molecular weight excluding hydrogens is 228 g/mol. The van der Waals surface area contributed by atoms with Crippen LogP contribution in [-0.2, 0) is 4.84 Å². The van der Waals surface area contributed by atoms with Crippen LogP contribution in [0.25, 0.3) is 0 Å². The molecule has 1 aromatic carbocycles. The van der Waals surface area contributed by atoms with Crippen LogP contribution in [0, 0.1) is 0 Å². The monoisotopic (exact) mass is 249 g/mol. The summed E-state index contributed by atoms with van der Waals surface area (Å²) < 4.78 is 0. The second kappa shape index (κ2) is 4.88.